The molecule has 0 radical (unpaired) electrons. The Labute approximate surface area is 121 Å². The van der Waals surface area contributed by atoms with Crippen molar-refractivity contribution in [2.75, 3.05) is 6.54 Å². The molecule has 0 aliphatic carbocycles. The Morgan fingerprint density at radius 2 is 1.81 bits per heavy atom. The molecule has 1 amide bonds. The summed E-state index contributed by atoms with van der Waals surface area (Å²) >= 11 is 0. The first-order valence-corrected chi connectivity index (χ1v) is 6.64. The summed E-state index contributed by atoms with van der Waals surface area (Å²) in [5.41, 5.74) is 1.82. The molecule has 0 saturated heterocycles. The van der Waals surface area contributed by atoms with Gasteiger partial charge in [-0.25, -0.2) is 4.39 Å². The van der Waals surface area contributed by atoms with Gasteiger partial charge in [0.1, 0.15) is 5.82 Å². The number of nitrogens with zero attached hydrogens (tertiary/aromatic N) is 1. The second kappa shape index (κ2) is 5.09. The second-order valence-corrected chi connectivity index (χ2v) is 5.07. The van der Waals surface area contributed by atoms with Crippen molar-refractivity contribution < 1.29 is 19.4 Å². The highest BCUT2D eigenvalue weighted by atomic mass is 19.1. The summed E-state index contributed by atoms with van der Waals surface area (Å²) in [6, 6.07) is 9.17. The fourth-order valence-corrected chi connectivity index (χ4v) is 2.52. The van der Waals surface area contributed by atoms with Gasteiger partial charge in [0.2, 0.25) is 0 Å². The minimum absolute atomic E-state index is 0.175. The molecule has 2 aromatic carbocycles. The van der Waals surface area contributed by atoms with Crippen molar-refractivity contribution in [1.29, 1.82) is 0 Å². The Hall–Kier alpha value is -2.56. The molecule has 21 heavy (non-hydrogen) atoms. The van der Waals surface area contributed by atoms with E-state index in [0.717, 1.165) is 5.56 Å². The van der Waals surface area contributed by atoms with E-state index in [4.69, 9.17) is 0 Å². The fraction of sp³-hybridized carbons (Fsp3) is 0.188. The summed E-state index contributed by atoms with van der Waals surface area (Å²) < 4.78 is 12.8. The predicted molar refractivity (Wildman–Crippen MR) is 74.6 cm³/mol. The van der Waals surface area contributed by atoms with E-state index < -0.39 is 0 Å². The molecule has 3 rings (SSSR count). The van der Waals surface area contributed by atoms with E-state index in [1.165, 1.54) is 18.2 Å². The quantitative estimate of drug-likeness (QED) is 0.852. The molecule has 0 unspecified atom stereocenters. The Morgan fingerprint density at radius 3 is 2.52 bits per heavy atom. The van der Waals surface area contributed by atoms with Gasteiger partial charge in [0.25, 0.3) is 5.91 Å². The van der Waals surface area contributed by atoms with Crippen molar-refractivity contribution in [2.24, 2.45) is 0 Å². The summed E-state index contributed by atoms with van der Waals surface area (Å²) in [6.45, 7) is 0.878. The van der Waals surface area contributed by atoms with Crippen LogP contribution in [0.5, 0.6) is 11.5 Å². The lowest BCUT2D eigenvalue weighted by Gasteiger charge is -2.15. The van der Waals surface area contributed by atoms with E-state index in [0.29, 0.717) is 25.1 Å². The summed E-state index contributed by atoms with van der Waals surface area (Å²) in [5.74, 6) is -1.23. The van der Waals surface area contributed by atoms with Gasteiger partial charge in [-0.2, -0.15) is 0 Å². The zero-order valence-electron chi connectivity index (χ0n) is 11.2. The average molecular weight is 287 g/mol. The van der Waals surface area contributed by atoms with Gasteiger partial charge in [0, 0.05) is 13.1 Å². The monoisotopic (exact) mass is 287 g/mol. The molecule has 1 aliphatic rings. The molecular weight excluding hydrogens is 273 g/mol. The number of benzene rings is 2. The van der Waals surface area contributed by atoms with Crippen molar-refractivity contribution in [1.82, 2.24) is 4.90 Å². The lowest BCUT2D eigenvalue weighted by atomic mass is 10.1. The topological polar surface area (TPSA) is 60.8 Å². The van der Waals surface area contributed by atoms with Gasteiger partial charge >= 0.3 is 0 Å². The first-order chi connectivity index (χ1) is 10.1. The third kappa shape index (κ3) is 2.42. The molecule has 1 aliphatic heterocycles. The summed E-state index contributed by atoms with van der Waals surface area (Å²) in [4.78, 5) is 13.8. The summed E-state index contributed by atoms with van der Waals surface area (Å²) in [7, 11) is 0. The molecule has 0 spiro atoms. The van der Waals surface area contributed by atoms with Gasteiger partial charge < -0.3 is 15.1 Å². The number of fused-ring (bicyclic) bond motifs is 1. The number of carbonyl (C=O) groups is 1. The lowest BCUT2D eigenvalue weighted by Crippen LogP contribution is -2.26. The van der Waals surface area contributed by atoms with Crippen LogP contribution in [0.1, 0.15) is 21.5 Å². The number of phenolic OH excluding ortho intramolecular Hbond substituents is 2. The van der Waals surface area contributed by atoms with Gasteiger partial charge in [-0.05, 0) is 35.7 Å². The van der Waals surface area contributed by atoms with E-state index in [9.17, 15) is 19.4 Å². The van der Waals surface area contributed by atoms with Crippen LogP contribution in [0.15, 0.2) is 36.4 Å². The van der Waals surface area contributed by atoms with Crippen LogP contribution in [0.2, 0.25) is 0 Å². The molecule has 2 aromatic rings. The highest BCUT2D eigenvalue weighted by Crippen LogP contribution is 2.36. The van der Waals surface area contributed by atoms with Crippen LogP contribution in [0.4, 0.5) is 4.39 Å². The maximum Gasteiger partial charge on any atom is 0.258 e. The largest absolute Gasteiger partial charge is 0.504 e. The van der Waals surface area contributed by atoms with Crippen LogP contribution in [0, 0.1) is 5.82 Å². The SMILES string of the molecule is O=C1c2c(ccc(O)c2O)CN1CCc1ccc(F)cc1. The molecule has 0 aromatic heterocycles. The van der Waals surface area contributed by atoms with Crippen molar-refractivity contribution in [3.63, 3.8) is 0 Å². The second-order valence-electron chi connectivity index (χ2n) is 5.07. The van der Waals surface area contributed by atoms with Crippen LogP contribution in [0.25, 0.3) is 0 Å². The first kappa shape index (κ1) is 13.4. The summed E-state index contributed by atoms with van der Waals surface area (Å²) in [6.07, 6.45) is 0.604. The molecule has 2 N–H and O–H groups in total. The number of rotatable bonds is 3. The highest BCUT2D eigenvalue weighted by molar-refractivity contribution is 6.01. The maximum atomic E-state index is 12.8. The standard InChI is InChI=1S/C16H14FNO3/c17-12-4-1-10(2-5-12)7-8-18-9-11-3-6-13(19)15(20)14(11)16(18)21/h1-6,19-20H,7-9H2. The molecule has 108 valence electrons. The van der Waals surface area contributed by atoms with E-state index in [1.54, 1.807) is 23.1 Å². The molecule has 0 atom stereocenters. The lowest BCUT2D eigenvalue weighted by molar-refractivity contribution is 0.0777. The van der Waals surface area contributed by atoms with E-state index >= 15 is 0 Å². The Morgan fingerprint density at radius 1 is 1.10 bits per heavy atom. The number of amides is 1. The molecule has 4 nitrogen and oxygen atoms in total. The highest BCUT2D eigenvalue weighted by Gasteiger charge is 2.31. The normalized spacial score (nSPS) is 13.6. The Balaban J connectivity index is 1.73. The van der Waals surface area contributed by atoms with Crippen LogP contribution in [-0.2, 0) is 13.0 Å². The number of carbonyl (C=O) groups excluding carboxylic acids is 1. The van der Waals surface area contributed by atoms with Crippen molar-refractivity contribution in [3.8, 4) is 11.5 Å². The zero-order valence-corrected chi connectivity index (χ0v) is 11.2. The smallest absolute Gasteiger partial charge is 0.258 e. The third-order valence-corrected chi connectivity index (χ3v) is 3.69. The third-order valence-electron chi connectivity index (χ3n) is 3.69. The van der Waals surface area contributed by atoms with Crippen molar-refractivity contribution in [3.05, 3.63) is 58.9 Å². The zero-order chi connectivity index (χ0) is 15.0. The van der Waals surface area contributed by atoms with Gasteiger partial charge in [-0.3, -0.25) is 4.79 Å². The molecule has 1 heterocycles. The first-order valence-electron chi connectivity index (χ1n) is 6.64. The van der Waals surface area contributed by atoms with Gasteiger partial charge in [0.05, 0.1) is 5.56 Å². The van der Waals surface area contributed by atoms with E-state index in [2.05, 4.69) is 0 Å². The molecule has 0 fully saturated rings. The minimum Gasteiger partial charge on any atom is -0.504 e. The van der Waals surface area contributed by atoms with E-state index in [-0.39, 0.29) is 28.8 Å². The van der Waals surface area contributed by atoms with Crippen LogP contribution >= 0.6 is 0 Å². The van der Waals surface area contributed by atoms with Crippen LogP contribution in [-0.4, -0.2) is 27.6 Å². The minimum atomic E-state index is -0.359. The number of halogens is 1. The predicted octanol–water partition coefficient (Wildman–Crippen LogP) is 2.44. The Bertz CT molecular complexity index is 697. The molecule has 5 heteroatoms. The van der Waals surface area contributed by atoms with Crippen LogP contribution in [0.3, 0.4) is 0 Å². The number of phenols is 2. The van der Waals surface area contributed by atoms with E-state index in [1.807, 2.05) is 0 Å². The number of aromatic hydroxyl groups is 2. The van der Waals surface area contributed by atoms with Crippen LogP contribution < -0.4 is 0 Å². The van der Waals surface area contributed by atoms with Gasteiger partial charge in [-0.1, -0.05) is 18.2 Å². The Kier molecular flexibility index (Phi) is 3.25. The maximum absolute atomic E-state index is 12.8. The van der Waals surface area contributed by atoms with Crippen molar-refractivity contribution in [2.45, 2.75) is 13.0 Å². The molecular formula is C16H14FNO3. The average Bonchev–Trinajstić information content (AvgIpc) is 2.80. The fourth-order valence-electron chi connectivity index (χ4n) is 2.52. The molecule has 0 saturated carbocycles. The molecule has 0 bridgehead atoms. The number of hydrogen-bond acceptors (Lipinski definition) is 3. The van der Waals surface area contributed by atoms with Crippen molar-refractivity contribution >= 4 is 5.91 Å². The van der Waals surface area contributed by atoms with Gasteiger partial charge in [-0.15, -0.1) is 0 Å². The summed E-state index contributed by atoms with van der Waals surface area (Å²) in [5, 5.41) is 19.2. The van der Waals surface area contributed by atoms with Gasteiger partial charge in [0.15, 0.2) is 11.5 Å². The number of hydrogen-bond donors (Lipinski definition) is 2.